The molecular formula is C20H23N5O3. The van der Waals surface area contributed by atoms with Gasteiger partial charge in [0.1, 0.15) is 12.0 Å². The minimum absolute atomic E-state index is 0.0327. The van der Waals surface area contributed by atoms with Crippen LogP contribution in [0.15, 0.2) is 35.2 Å². The van der Waals surface area contributed by atoms with Crippen molar-refractivity contribution in [3.05, 3.63) is 42.2 Å². The standard InChI is InChI=1S/C20H23N5O3/c1-2-13-7-4-3-5-9-24(13)20(27)14-11-15(16-8-6-10-28-16)25-12-22-17(18(21)26)19(25)23-14/h6,8,10-13H,2-5,7,9H2,1H3,(H2,21,26). The van der Waals surface area contributed by atoms with Crippen molar-refractivity contribution < 1.29 is 14.0 Å². The van der Waals surface area contributed by atoms with Crippen LogP contribution in [0, 0.1) is 0 Å². The number of hydrogen-bond donors (Lipinski definition) is 1. The van der Waals surface area contributed by atoms with Crippen molar-refractivity contribution in [2.24, 2.45) is 5.73 Å². The molecule has 8 heteroatoms. The van der Waals surface area contributed by atoms with Crippen LogP contribution < -0.4 is 5.73 Å². The number of aromatic nitrogens is 3. The Morgan fingerprint density at radius 2 is 2.18 bits per heavy atom. The lowest BCUT2D eigenvalue weighted by Gasteiger charge is -2.29. The second-order valence-electron chi connectivity index (χ2n) is 7.06. The van der Waals surface area contributed by atoms with Gasteiger partial charge in [-0.05, 0) is 37.5 Å². The number of rotatable bonds is 4. The summed E-state index contributed by atoms with van der Waals surface area (Å²) >= 11 is 0. The molecule has 2 N–H and O–H groups in total. The van der Waals surface area contributed by atoms with Crippen LogP contribution in [0.4, 0.5) is 0 Å². The fourth-order valence-corrected chi connectivity index (χ4v) is 3.88. The summed E-state index contributed by atoms with van der Waals surface area (Å²) in [7, 11) is 0. The lowest BCUT2D eigenvalue weighted by molar-refractivity contribution is 0.0672. The van der Waals surface area contributed by atoms with E-state index in [1.165, 1.54) is 6.33 Å². The lowest BCUT2D eigenvalue weighted by Crippen LogP contribution is -2.40. The Bertz CT molecular complexity index is 1010. The van der Waals surface area contributed by atoms with E-state index in [2.05, 4.69) is 16.9 Å². The highest BCUT2D eigenvalue weighted by atomic mass is 16.3. The van der Waals surface area contributed by atoms with E-state index in [-0.39, 0.29) is 29.0 Å². The maximum absolute atomic E-state index is 13.4. The molecule has 0 spiro atoms. The molecule has 0 aromatic carbocycles. The van der Waals surface area contributed by atoms with E-state index in [9.17, 15) is 9.59 Å². The van der Waals surface area contributed by atoms with E-state index in [0.29, 0.717) is 18.0 Å². The topological polar surface area (TPSA) is 107 Å². The van der Waals surface area contributed by atoms with Crippen LogP contribution in [0.3, 0.4) is 0 Å². The third-order valence-corrected chi connectivity index (χ3v) is 5.34. The molecule has 1 aliphatic heterocycles. The molecule has 28 heavy (non-hydrogen) atoms. The molecule has 1 aliphatic rings. The minimum Gasteiger partial charge on any atom is -0.463 e. The van der Waals surface area contributed by atoms with Crippen LogP contribution in [0.25, 0.3) is 17.1 Å². The highest BCUT2D eigenvalue weighted by Crippen LogP contribution is 2.26. The maximum Gasteiger partial charge on any atom is 0.272 e. The van der Waals surface area contributed by atoms with Gasteiger partial charge in [-0.15, -0.1) is 0 Å². The van der Waals surface area contributed by atoms with Gasteiger partial charge in [0.25, 0.3) is 11.8 Å². The van der Waals surface area contributed by atoms with Crippen LogP contribution in [0.5, 0.6) is 0 Å². The van der Waals surface area contributed by atoms with Crippen LogP contribution in [0.2, 0.25) is 0 Å². The van der Waals surface area contributed by atoms with Crippen LogP contribution >= 0.6 is 0 Å². The van der Waals surface area contributed by atoms with Crippen molar-refractivity contribution in [2.45, 2.75) is 45.1 Å². The quantitative estimate of drug-likeness (QED) is 0.748. The van der Waals surface area contributed by atoms with E-state index >= 15 is 0 Å². The number of likely N-dealkylation sites (tertiary alicyclic amines) is 1. The van der Waals surface area contributed by atoms with Gasteiger partial charge in [-0.2, -0.15) is 0 Å². The third kappa shape index (κ3) is 3.15. The first-order valence-electron chi connectivity index (χ1n) is 9.63. The van der Waals surface area contributed by atoms with Gasteiger partial charge >= 0.3 is 0 Å². The summed E-state index contributed by atoms with van der Waals surface area (Å²) < 4.78 is 7.14. The summed E-state index contributed by atoms with van der Waals surface area (Å²) in [6.45, 7) is 2.81. The molecule has 2 amide bonds. The normalized spacial score (nSPS) is 17.6. The average Bonchev–Trinajstić information content (AvgIpc) is 3.31. The lowest BCUT2D eigenvalue weighted by atomic mass is 10.1. The molecule has 0 radical (unpaired) electrons. The Kier molecular flexibility index (Phi) is 4.85. The third-order valence-electron chi connectivity index (χ3n) is 5.34. The molecule has 4 rings (SSSR count). The van der Waals surface area contributed by atoms with Gasteiger partial charge in [-0.25, -0.2) is 9.97 Å². The summed E-state index contributed by atoms with van der Waals surface area (Å²) in [5.74, 6) is -0.273. The second kappa shape index (κ2) is 7.46. The summed E-state index contributed by atoms with van der Waals surface area (Å²) in [6.07, 6.45) is 8.15. The van der Waals surface area contributed by atoms with E-state index in [0.717, 1.165) is 32.1 Å². The second-order valence-corrected chi connectivity index (χ2v) is 7.06. The van der Waals surface area contributed by atoms with Crippen molar-refractivity contribution in [2.75, 3.05) is 6.54 Å². The van der Waals surface area contributed by atoms with E-state index < -0.39 is 5.91 Å². The summed E-state index contributed by atoms with van der Waals surface area (Å²) in [4.78, 5) is 35.6. The number of imidazole rings is 1. The zero-order valence-electron chi connectivity index (χ0n) is 15.8. The van der Waals surface area contributed by atoms with Crippen LogP contribution in [-0.2, 0) is 0 Å². The molecule has 4 heterocycles. The van der Waals surface area contributed by atoms with Crippen LogP contribution in [0.1, 0.15) is 60.0 Å². The molecule has 1 fully saturated rings. The molecular weight excluding hydrogens is 358 g/mol. The Morgan fingerprint density at radius 1 is 1.32 bits per heavy atom. The number of carbonyl (C=O) groups is 2. The van der Waals surface area contributed by atoms with E-state index in [4.69, 9.17) is 10.2 Å². The predicted molar refractivity (Wildman–Crippen MR) is 103 cm³/mol. The highest BCUT2D eigenvalue weighted by molar-refractivity contribution is 5.99. The number of fused-ring (bicyclic) bond motifs is 1. The average molecular weight is 381 g/mol. The van der Waals surface area contributed by atoms with Crippen molar-refractivity contribution in [3.63, 3.8) is 0 Å². The first-order valence-corrected chi connectivity index (χ1v) is 9.63. The first kappa shape index (κ1) is 18.2. The summed E-state index contributed by atoms with van der Waals surface area (Å²) in [5, 5.41) is 0. The first-order chi connectivity index (χ1) is 13.6. The molecule has 8 nitrogen and oxygen atoms in total. The van der Waals surface area contributed by atoms with Crippen molar-refractivity contribution in [1.29, 1.82) is 0 Å². The van der Waals surface area contributed by atoms with Gasteiger partial charge in [-0.1, -0.05) is 19.8 Å². The predicted octanol–water partition coefficient (Wildman–Crippen LogP) is 2.88. The SMILES string of the molecule is CCC1CCCCCN1C(=O)c1cc(-c2ccco2)n2cnc(C(N)=O)c2n1. The number of nitrogens with zero attached hydrogens (tertiary/aromatic N) is 4. The number of nitrogens with two attached hydrogens (primary N) is 1. The van der Waals surface area contributed by atoms with Gasteiger partial charge < -0.3 is 15.1 Å². The van der Waals surface area contributed by atoms with Gasteiger partial charge in [-0.3, -0.25) is 14.0 Å². The summed E-state index contributed by atoms with van der Waals surface area (Å²) in [5.41, 5.74) is 6.61. The van der Waals surface area contributed by atoms with E-state index in [1.807, 2.05) is 4.90 Å². The van der Waals surface area contributed by atoms with Gasteiger partial charge in [0, 0.05) is 12.6 Å². The minimum atomic E-state index is -0.689. The number of primary amides is 1. The van der Waals surface area contributed by atoms with Crippen molar-refractivity contribution in [3.8, 4) is 11.5 Å². The van der Waals surface area contributed by atoms with E-state index in [1.54, 1.807) is 28.9 Å². The van der Waals surface area contributed by atoms with Crippen LogP contribution in [-0.4, -0.2) is 43.7 Å². The van der Waals surface area contributed by atoms with Crippen molar-refractivity contribution in [1.82, 2.24) is 19.3 Å². The highest BCUT2D eigenvalue weighted by Gasteiger charge is 2.28. The Labute approximate surface area is 162 Å². The van der Waals surface area contributed by atoms with Gasteiger partial charge in [0.05, 0.1) is 12.0 Å². The largest absolute Gasteiger partial charge is 0.463 e. The Hall–Kier alpha value is -3.16. The Balaban J connectivity index is 1.85. The zero-order chi connectivity index (χ0) is 19.7. The summed E-state index contributed by atoms with van der Waals surface area (Å²) in [6, 6.07) is 5.43. The molecule has 1 atom stereocenters. The molecule has 0 bridgehead atoms. The van der Waals surface area contributed by atoms with Gasteiger partial charge in [0.15, 0.2) is 17.1 Å². The van der Waals surface area contributed by atoms with Gasteiger partial charge in [0.2, 0.25) is 0 Å². The zero-order valence-corrected chi connectivity index (χ0v) is 15.8. The molecule has 0 aliphatic carbocycles. The molecule has 3 aromatic heterocycles. The number of carbonyl (C=O) groups excluding carboxylic acids is 2. The van der Waals surface area contributed by atoms with Crippen molar-refractivity contribution >= 4 is 17.5 Å². The molecule has 3 aromatic rings. The number of hydrogen-bond acceptors (Lipinski definition) is 5. The maximum atomic E-state index is 13.4. The number of amides is 2. The monoisotopic (exact) mass is 381 g/mol. The Morgan fingerprint density at radius 3 is 2.89 bits per heavy atom. The smallest absolute Gasteiger partial charge is 0.272 e. The molecule has 1 saturated heterocycles. The molecule has 1 unspecified atom stereocenters. The molecule has 146 valence electrons. The fourth-order valence-electron chi connectivity index (χ4n) is 3.88. The fraction of sp³-hybridized carbons (Fsp3) is 0.400. The molecule has 0 saturated carbocycles. The number of furan rings is 1.